The molecule has 270 valence electrons. The van der Waals surface area contributed by atoms with E-state index in [0.717, 1.165) is 33.3 Å². The molecule has 4 heterocycles. The zero-order chi connectivity index (χ0) is 36.6. The third-order valence-electron chi connectivity index (χ3n) is 9.27. The summed E-state index contributed by atoms with van der Waals surface area (Å²) in [5, 5.41) is 12.5. The Morgan fingerprint density at radius 3 is 2.52 bits per heavy atom. The van der Waals surface area contributed by atoms with Gasteiger partial charge in [0.25, 0.3) is 11.8 Å². The summed E-state index contributed by atoms with van der Waals surface area (Å²) in [6.45, 7) is 4.61. The molecule has 0 spiro atoms. The number of fused-ring (bicyclic) bond motifs is 2. The van der Waals surface area contributed by atoms with E-state index in [1.54, 1.807) is 37.4 Å². The fourth-order valence-corrected chi connectivity index (χ4v) is 6.51. The Morgan fingerprint density at radius 1 is 0.904 bits per heavy atom. The fourth-order valence-electron chi connectivity index (χ4n) is 6.51. The molecule has 2 atom stereocenters. The number of imidazole rings is 1. The van der Waals surface area contributed by atoms with Crippen LogP contribution in [0.3, 0.4) is 0 Å². The minimum Gasteiger partial charge on any atom is -0.361 e. The van der Waals surface area contributed by atoms with Gasteiger partial charge in [-0.05, 0) is 68.1 Å². The van der Waals surface area contributed by atoms with Crippen LogP contribution in [0.4, 0.5) is 0 Å². The highest BCUT2D eigenvalue weighted by atomic mass is 16.2. The van der Waals surface area contributed by atoms with Gasteiger partial charge in [-0.3, -0.25) is 29.0 Å². The molecule has 1 aliphatic heterocycles. The van der Waals surface area contributed by atoms with Gasteiger partial charge in [-0.15, -0.1) is 0 Å². The lowest BCUT2D eigenvalue weighted by Gasteiger charge is -2.25. The Kier molecular flexibility index (Phi) is 11.2. The van der Waals surface area contributed by atoms with E-state index in [2.05, 4.69) is 36.2 Å². The van der Waals surface area contributed by atoms with E-state index >= 15 is 0 Å². The highest BCUT2D eigenvalue weighted by molar-refractivity contribution is 5.98. The second-order valence-electron chi connectivity index (χ2n) is 12.9. The molecule has 1 aliphatic rings. The highest BCUT2D eigenvalue weighted by Gasteiger charge is 2.28. The molecule has 14 nitrogen and oxygen atoms in total. The molecule has 0 saturated carbocycles. The lowest BCUT2D eigenvalue weighted by molar-refractivity contribution is -0.132. The number of hydrogen-bond acceptors (Lipinski definition) is 7. The minimum atomic E-state index is -0.959. The molecular formula is C38H43N9O5. The first-order valence-electron chi connectivity index (χ1n) is 17.6. The normalized spacial score (nSPS) is 18.6. The number of carbonyl (C=O) groups is 5. The number of H-pyrrole nitrogens is 1. The summed E-state index contributed by atoms with van der Waals surface area (Å²) in [6.07, 6.45) is 6.22. The van der Waals surface area contributed by atoms with Crippen LogP contribution in [0.1, 0.15) is 58.3 Å². The predicted octanol–water partition coefficient (Wildman–Crippen LogP) is 2.63. The molecule has 2 aromatic carbocycles. The van der Waals surface area contributed by atoms with Gasteiger partial charge in [0.15, 0.2) is 0 Å². The maximum atomic E-state index is 13.7. The maximum absolute atomic E-state index is 13.7. The van der Waals surface area contributed by atoms with E-state index in [4.69, 9.17) is 0 Å². The van der Waals surface area contributed by atoms with Crippen molar-refractivity contribution in [1.29, 1.82) is 0 Å². The number of aromatic amines is 1. The average molecular weight is 706 g/mol. The molecule has 5 N–H and O–H groups in total. The van der Waals surface area contributed by atoms with Crippen LogP contribution in [-0.2, 0) is 27.3 Å². The summed E-state index contributed by atoms with van der Waals surface area (Å²) in [5.74, 6) is -1.32. The van der Waals surface area contributed by atoms with Gasteiger partial charge in [0, 0.05) is 67.7 Å². The summed E-state index contributed by atoms with van der Waals surface area (Å²) >= 11 is 0. The summed E-state index contributed by atoms with van der Waals surface area (Å²) in [6, 6.07) is 14.4. The molecule has 0 aliphatic carbocycles. The van der Waals surface area contributed by atoms with Gasteiger partial charge >= 0.3 is 0 Å². The molecule has 3 aromatic heterocycles. The number of pyridine rings is 1. The monoisotopic (exact) mass is 705 g/mol. The molecule has 0 radical (unpaired) electrons. The van der Waals surface area contributed by atoms with Crippen LogP contribution in [0, 0.1) is 6.92 Å². The van der Waals surface area contributed by atoms with Crippen molar-refractivity contribution in [3.63, 3.8) is 0 Å². The number of aromatic nitrogens is 4. The van der Waals surface area contributed by atoms with E-state index in [1.165, 1.54) is 11.1 Å². The van der Waals surface area contributed by atoms with Crippen molar-refractivity contribution in [1.82, 2.24) is 45.7 Å². The Morgan fingerprint density at radius 2 is 1.71 bits per heavy atom. The van der Waals surface area contributed by atoms with Gasteiger partial charge in [0.05, 0.1) is 23.1 Å². The van der Waals surface area contributed by atoms with Crippen LogP contribution in [0.25, 0.3) is 21.9 Å². The van der Waals surface area contributed by atoms with E-state index in [9.17, 15) is 24.0 Å². The summed E-state index contributed by atoms with van der Waals surface area (Å²) < 4.78 is 2.02. The predicted molar refractivity (Wildman–Crippen MR) is 195 cm³/mol. The Hall–Kier alpha value is -6.05. The lowest BCUT2D eigenvalue weighted by atomic mass is 10.0. The molecule has 0 saturated heterocycles. The van der Waals surface area contributed by atoms with Gasteiger partial charge in [-0.1, -0.05) is 25.1 Å². The molecule has 2 bridgehead atoms. The number of benzene rings is 2. The minimum absolute atomic E-state index is 0.155. The van der Waals surface area contributed by atoms with Crippen LogP contribution in [0.15, 0.2) is 73.2 Å². The molecule has 5 amide bonds. The third kappa shape index (κ3) is 8.28. The number of nitrogens with one attached hydrogen (secondary N) is 5. The summed E-state index contributed by atoms with van der Waals surface area (Å²) in [4.78, 5) is 80.8. The molecule has 52 heavy (non-hydrogen) atoms. The van der Waals surface area contributed by atoms with Crippen molar-refractivity contribution in [2.45, 2.75) is 58.2 Å². The number of carbonyl (C=O) groups excluding carboxylic acids is 5. The van der Waals surface area contributed by atoms with E-state index < -0.39 is 29.8 Å². The molecule has 5 aromatic rings. The number of amides is 5. The lowest BCUT2D eigenvalue weighted by Crippen LogP contribution is -2.55. The number of nitrogens with zero attached hydrogens (tertiary/aromatic N) is 4. The first-order chi connectivity index (χ1) is 25.2. The molecule has 6 rings (SSSR count). The zero-order valence-electron chi connectivity index (χ0n) is 29.3. The van der Waals surface area contributed by atoms with Crippen molar-refractivity contribution < 1.29 is 24.0 Å². The van der Waals surface area contributed by atoms with Gasteiger partial charge < -0.3 is 35.7 Å². The van der Waals surface area contributed by atoms with Gasteiger partial charge in [-0.2, -0.15) is 0 Å². The van der Waals surface area contributed by atoms with Gasteiger partial charge in [0.1, 0.15) is 17.9 Å². The Balaban J connectivity index is 1.27. The largest absolute Gasteiger partial charge is 0.361 e. The van der Waals surface area contributed by atoms with Crippen LogP contribution >= 0.6 is 0 Å². The topological polar surface area (TPSA) is 183 Å². The number of para-hydroxylation sites is 1. The first-order valence-corrected chi connectivity index (χ1v) is 17.6. The van der Waals surface area contributed by atoms with Crippen molar-refractivity contribution >= 4 is 51.5 Å². The summed E-state index contributed by atoms with van der Waals surface area (Å²) in [5.41, 5.74) is 4.09. The summed E-state index contributed by atoms with van der Waals surface area (Å²) in [7, 11) is 0. The maximum Gasteiger partial charge on any atom is 0.255 e. The number of hydrogen-bond donors (Lipinski definition) is 5. The van der Waals surface area contributed by atoms with Crippen molar-refractivity contribution in [2.24, 2.45) is 0 Å². The quantitative estimate of drug-likeness (QED) is 0.190. The smallest absolute Gasteiger partial charge is 0.255 e. The Labute approximate surface area is 300 Å². The van der Waals surface area contributed by atoms with Crippen LogP contribution in [0.2, 0.25) is 0 Å². The highest BCUT2D eigenvalue weighted by Crippen LogP contribution is 2.20. The zero-order valence-corrected chi connectivity index (χ0v) is 29.3. The van der Waals surface area contributed by atoms with Crippen LogP contribution in [0.5, 0.6) is 0 Å². The SMILES string of the molecule is CC[C@@H]1NC(=O)CN(C(=O)c2cccnc2)CCCNC(=O)c2ccc3nc(C)n(c3c2)CCCNC(=O)[C@@H](Cc2c[nH]c3ccccc23)NC1=O. The van der Waals surface area contributed by atoms with Crippen molar-refractivity contribution in [2.75, 3.05) is 26.2 Å². The van der Waals surface area contributed by atoms with E-state index in [-0.39, 0.29) is 44.3 Å². The first kappa shape index (κ1) is 35.8. The van der Waals surface area contributed by atoms with E-state index in [1.807, 2.05) is 48.0 Å². The number of aryl methyl sites for hydroxylation is 2. The van der Waals surface area contributed by atoms with E-state index in [0.29, 0.717) is 37.1 Å². The molecular weight excluding hydrogens is 662 g/mol. The third-order valence-corrected chi connectivity index (χ3v) is 9.27. The van der Waals surface area contributed by atoms with Crippen molar-refractivity contribution in [3.8, 4) is 0 Å². The van der Waals surface area contributed by atoms with Crippen LogP contribution < -0.4 is 21.3 Å². The fraction of sp³-hybridized carbons (Fsp3) is 0.342. The second-order valence-corrected chi connectivity index (χ2v) is 12.9. The van der Waals surface area contributed by atoms with Crippen molar-refractivity contribution in [3.05, 3.63) is 95.7 Å². The number of rotatable bonds is 4. The molecule has 0 fully saturated rings. The average Bonchev–Trinajstić information content (AvgIpc) is 3.71. The molecule has 14 heteroatoms. The van der Waals surface area contributed by atoms with Gasteiger partial charge in [0.2, 0.25) is 17.7 Å². The van der Waals surface area contributed by atoms with Crippen LogP contribution in [-0.4, -0.2) is 92.2 Å². The second kappa shape index (κ2) is 16.3. The standard InChI is InChI=1S/C38H43N9O5/c1-3-29-37(51)45-32(19-27-22-42-30-11-5-4-10-28(27)30)36(50)41-16-8-18-47-24(2)43-31-13-12-25(20-33(31)47)35(49)40-15-7-17-46(23-34(48)44-29)38(52)26-9-6-14-39-21-26/h4-6,9-14,20-22,29,32,42H,3,7-8,15-19,23H2,1-2H3,(H,40,49)(H,41,50)(H,44,48)(H,45,51)/t29-,32+/m0/s1. The molecule has 0 unspecified atom stereocenters. The Bertz CT molecular complexity index is 2090. The van der Waals surface area contributed by atoms with Gasteiger partial charge in [-0.25, -0.2) is 4.98 Å².